The Hall–Kier alpha value is -2.73. The number of ketones is 1. The van der Waals surface area contributed by atoms with Crippen LogP contribution in [0.2, 0.25) is 0 Å². The minimum atomic E-state index is -1.11. The van der Waals surface area contributed by atoms with Gasteiger partial charge in [0.1, 0.15) is 6.04 Å². The first-order chi connectivity index (χ1) is 17.3. The Morgan fingerprint density at radius 1 is 0.865 bits per heavy atom. The molecule has 12 nitrogen and oxygen atoms in total. The molecule has 0 rings (SSSR count). The second kappa shape index (κ2) is 18.5. The summed E-state index contributed by atoms with van der Waals surface area (Å²) >= 11 is 0. The third-order valence-electron chi connectivity index (χ3n) is 5.95. The Kier molecular flexibility index (Phi) is 17.1. The summed E-state index contributed by atoms with van der Waals surface area (Å²) in [6.07, 6.45) is 3.21. The number of aliphatic carboxylic acids is 1. The molecule has 0 aliphatic carbocycles. The maximum atomic E-state index is 13.3. The first-order valence-electron chi connectivity index (χ1n) is 13.3. The number of amides is 2. The van der Waals surface area contributed by atoms with E-state index in [0.717, 1.165) is 6.42 Å². The number of nitrogens with one attached hydrogen (secondary N) is 3. The SMILES string of the molecule is CC(C)CC(N)C(=O)NC(CCC[NH+]=C(N)N)C(=O)CC(CC(C)C)C(=O)NC(CCCC[NH3+])C(=O)O. The molecule has 37 heavy (non-hydrogen) atoms. The Bertz CT molecular complexity index is 754. The summed E-state index contributed by atoms with van der Waals surface area (Å²) in [4.78, 5) is 53.6. The van der Waals surface area contributed by atoms with Crippen LogP contribution in [0.1, 0.15) is 79.1 Å². The van der Waals surface area contributed by atoms with E-state index in [4.69, 9.17) is 17.2 Å². The van der Waals surface area contributed by atoms with E-state index >= 15 is 0 Å². The van der Waals surface area contributed by atoms with Crippen molar-refractivity contribution in [2.45, 2.75) is 97.2 Å². The maximum Gasteiger partial charge on any atom is 0.338 e. The average molecular weight is 530 g/mol. The molecule has 0 saturated carbocycles. The zero-order valence-corrected chi connectivity index (χ0v) is 23.1. The van der Waals surface area contributed by atoms with E-state index in [0.29, 0.717) is 51.6 Å². The molecular weight excluding hydrogens is 478 g/mol. The van der Waals surface area contributed by atoms with Crippen LogP contribution < -0.4 is 38.6 Å². The van der Waals surface area contributed by atoms with Gasteiger partial charge in [0, 0.05) is 12.3 Å². The lowest BCUT2D eigenvalue weighted by Gasteiger charge is -2.25. The van der Waals surface area contributed by atoms with E-state index in [9.17, 15) is 24.3 Å². The first kappa shape index (κ1) is 34.3. The summed E-state index contributed by atoms with van der Waals surface area (Å²) < 4.78 is 0. The molecule has 0 aliphatic rings. The number of carbonyl (C=O) groups is 4. The lowest BCUT2D eigenvalue weighted by atomic mass is 9.88. The van der Waals surface area contributed by atoms with E-state index < -0.39 is 41.8 Å². The van der Waals surface area contributed by atoms with Crippen LogP contribution in [-0.4, -0.2) is 65.8 Å². The van der Waals surface area contributed by atoms with Crippen LogP contribution in [0.4, 0.5) is 0 Å². The molecule has 0 aromatic rings. The van der Waals surface area contributed by atoms with E-state index in [1.54, 1.807) is 0 Å². The highest BCUT2D eigenvalue weighted by Crippen LogP contribution is 2.19. The number of hydrogen-bond acceptors (Lipinski definition) is 5. The number of carbonyl (C=O) groups excluding carboxylic acids is 3. The van der Waals surface area contributed by atoms with Crippen LogP contribution in [-0.2, 0) is 19.2 Å². The molecule has 0 heterocycles. The number of Topliss-reactive ketones (excluding diaryl/α,β-unsaturated/α-hetero) is 1. The number of guanidine groups is 1. The van der Waals surface area contributed by atoms with Gasteiger partial charge in [0.15, 0.2) is 5.78 Å². The van der Waals surface area contributed by atoms with E-state index in [-0.39, 0.29) is 30.0 Å². The standard InChI is InChI=1S/C25H49N7O5/c1-15(2)12-17(22(34)32-20(24(36)37)8-5-6-10-26)14-21(33)19(9-7-11-30-25(28)29)31-23(35)18(27)13-16(3)4/h15-20H,5-14,26-27H2,1-4H3,(H,31,35)(H,32,34)(H,36,37)(H4,28,29,30)/p+2. The smallest absolute Gasteiger partial charge is 0.338 e. The third-order valence-corrected chi connectivity index (χ3v) is 5.95. The molecule has 2 amide bonds. The Morgan fingerprint density at radius 3 is 1.95 bits per heavy atom. The number of carboxylic acid groups (broad SMARTS) is 1. The van der Waals surface area contributed by atoms with Crippen LogP contribution in [0.25, 0.3) is 0 Å². The summed E-state index contributed by atoms with van der Waals surface area (Å²) in [5, 5.41) is 14.9. The van der Waals surface area contributed by atoms with Crippen LogP contribution in [0.3, 0.4) is 0 Å². The molecule has 0 radical (unpaired) electrons. The highest BCUT2D eigenvalue weighted by atomic mass is 16.4. The van der Waals surface area contributed by atoms with E-state index in [2.05, 4.69) is 21.4 Å². The largest absolute Gasteiger partial charge is 0.480 e. The van der Waals surface area contributed by atoms with E-state index in [1.165, 1.54) is 0 Å². The van der Waals surface area contributed by atoms with Gasteiger partial charge >= 0.3 is 11.9 Å². The molecule has 0 aliphatic heterocycles. The number of quaternary nitrogens is 1. The number of nitrogens with two attached hydrogens (primary N) is 3. The third kappa shape index (κ3) is 15.9. The van der Waals surface area contributed by atoms with Gasteiger partial charge in [-0.3, -0.25) is 30.8 Å². The lowest BCUT2D eigenvalue weighted by Crippen LogP contribution is -2.78. The molecule has 0 spiro atoms. The van der Waals surface area contributed by atoms with Crippen molar-refractivity contribution < 1.29 is 35.0 Å². The summed E-state index contributed by atoms with van der Waals surface area (Å²) in [6.45, 7) is 8.85. The molecule has 4 unspecified atom stereocenters. The molecule has 0 aromatic carbocycles. The minimum Gasteiger partial charge on any atom is -0.480 e. The fourth-order valence-corrected chi connectivity index (χ4v) is 4.06. The van der Waals surface area contributed by atoms with Crippen molar-refractivity contribution in [2.75, 3.05) is 13.1 Å². The molecular formula is C25H51N7O5+2. The lowest BCUT2D eigenvalue weighted by molar-refractivity contribution is -0.459. The fraction of sp³-hybridized carbons (Fsp3) is 0.800. The van der Waals surface area contributed by atoms with Crippen molar-refractivity contribution >= 4 is 29.5 Å². The number of unbranched alkanes of at least 4 members (excludes halogenated alkanes) is 1. The van der Waals surface area contributed by atoms with Gasteiger partial charge in [0.05, 0.1) is 25.2 Å². The van der Waals surface area contributed by atoms with Crippen LogP contribution in [0.5, 0.6) is 0 Å². The van der Waals surface area contributed by atoms with Crippen molar-refractivity contribution in [3.05, 3.63) is 0 Å². The van der Waals surface area contributed by atoms with Crippen molar-refractivity contribution in [1.82, 2.24) is 10.6 Å². The van der Waals surface area contributed by atoms with Crippen LogP contribution in [0.15, 0.2) is 0 Å². The van der Waals surface area contributed by atoms with Gasteiger partial charge in [-0.1, -0.05) is 27.7 Å². The molecule has 12 heteroatoms. The second-order valence-electron chi connectivity index (χ2n) is 10.6. The highest BCUT2D eigenvalue weighted by molar-refractivity contribution is 5.94. The van der Waals surface area contributed by atoms with Gasteiger partial charge in [-0.2, -0.15) is 0 Å². The summed E-state index contributed by atoms with van der Waals surface area (Å²) in [6, 6.07) is -2.63. The zero-order chi connectivity index (χ0) is 28.5. The Balaban J connectivity index is 5.57. The number of hydrogen-bond donors (Lipinski definition) is 8. The monoisotopic (exact) mass is 529 g/mol. The summed E-state index contributed by atoms with van der Waals surface area (Å²) in [7, 11) is 0. The van der Waals surface area contributed by atoms with Gasteiger partial charge in [0.2, 0.25) is 11.8 Å². The zero-order valence-electron chi connectivity index (χ0n) is 23.1. The van der Waals surface area contributed by atoms with Gasteiger partial charge in [0.25, 0.3) is 0 Å². The topological polar surface area (TPSA) is 232 Å². The fourth-order valence-electron chi connectivity index (χ4n) is 4.06. The molecule has 0 saturated heterocycles. The van der Waals surface area contributed by atoms with Crippen LogP contribution >= 0.6 is 0 Å². The van der Waals surface area contributed by atoms with E-state index in [1.807, 2.05) is 27.7 Å². The second-order valence-corrected chi connectivity index (χ2v) is 10.6. The van der Waals surface area contributed by atoms with Crippen molar-refractivity contribution in [3.63, 3.8) is 0 Å². The summed E-state index contributed by atoms with van der Waals surface area (Å²) in [5.41, 5.74) is 20.6. The molecule has 0 fully saturated rings. The number of carboxylic acids is 1. The summed E-state index contributed by atoms with van der Waals surface area (Å²) in [5.74, 6) is -2.68. The molecule has 13 N–H and O–H groups in total. The normalized spacial score (nSPS) is 14.5. The Labute approximate surface area is 220 Å². The van der Waals surface area contributed by atoms with Crippen LogP contribution in [0, 0.1) is 17.8 Å². The predicted molar refractivity (Wildman–Crippen MR) is 142 cm³/mol. The van der Waals surface area contributed by atoms with Gasteiger partial charge in [-0.25, -0.2) is 4.79 Å². The minimum absolute atomic E-state index is 0.0581. The highest BCUT2D eigenvalue weighted by Gasteiger charge is 2.31. The number of rotatable bonds is 20. The van der Waals surface area contributed by atoms with Crippen molar-refractivity contribution in [1.29, 1.82) is 0 Å². The molecule has 0 bridgehead atoms. The molecule has 214 valence electrons. The van der Waals surface area contributed by atoms with Crippen molar-refractivity contribution in [2.24, 2.45) is 35.0 Å². The predicted octanol–water partition coefficient (Wildman–Crippen LogP) is -2.42. The first-order valence-corrected chi connectivity index (χ1v) is 13.3. The molecule has 0 aromatic heterocycles. The average Bonchev–Trinajstić information content (AvgIpc) is 2.78. The van der Waals surface area contributed by atoms with Gasteiger partial charge in [-0.05, 0) is 56.8 Å². The molecule has 4 atom stereocenters. The van der Waals surface area contributed by atoms with Gasteiger partial charge < -0.3 is 27.2 Å². The van der Waals surface area contributed by atoms with Crippen molar-refractivity contribution in [3.8, 4) is 0 Å². The Morgan fingerprint density at radius 2 is 1.43 bits per heavy atom. The van der Waals surface area contributed by atoms with Gasteiger partial charge in [-0.15, -0.1) is 0 Å². The quantitative estimate of drug-likeness (QED) is 0.0479. The maximum absolute atomic E-state index is 13.3.